The fourth-order valence-corrected chi connectivity index (χ4v) is 0.900. The highest BCUT2D eigenvalue weighted by Crippen LogP contribution is 2.17. The van der Waals surface area contributed by atoms with E-state index in [4.69, 9.17) is 9.47 Å². The molecule has 0 aromatic heterocycles. The minimum absolute atomic E-state index is 0.106. The van der Waals surface area contributed by atoms with Crippen LogP contribution in [0, 0.1) is 11.8 Å². The van der Waals surface area contributed by atoms with Crippen LogP contribution in [0.2, 0.25) is 0 Å². The quantitative estimate of drug-likeness (QED) is 0.537. The molecule has 0 spiro atoms. The van der Waals surface area contributed by atoms with E-state index in [1.54, 1.807) is 6.92 Å². The Labute approximate surface area is 66.7 Å². The summed E-state index contributed by atoms with van der Waals surface area (Å²) >= 11 is 0. The van der Waals surface area contributed by atoms with Crippen LogP contribution in [0.5, 0.6) is 0 Å². The molecule has 1 rings (SSSR count). The van der Waals surface area contributed by atoms with Gasteiger partial charge in [0.2, 0.25) is 6.29 Å². The average molecular weight is 158 g/mol. The fourth-order valence-electron chi connectivity index (χ4n) is 0.900. The number of carbonyl (C=O) groups is 1. The zero-order chi connectivity index (χ0) is 8.43. The normalized spacial score (nSPS) is 32.2. The van der Waals surface area contributed by atoms with E-state index in [1.165, 1.54) is 0 Å². The van der Waals surface area contributed by atoms with E-state index in [9.17, 15) is 4.79 Å². The van der Waals surface area contributed by atoms with Crippen LogP contribution in [-0.2, 0) is 14.3 Å². The summed E-state index contributed by atoms with van der Waals surface area (Å²) in [7, 11) is 0. The summed E-state index contributed by atoms with van der Waals surface area (Å²) in [5.74, 6) is -0.00796. The van der Waals surface area contributed by atoms with Crippen LogP contribution >= 0.6 is 0 Å². The first-order valence-electron chi connectivity index (χ1n) is 3.93. The van der Waals surface area contributed by atoms with E-state index in [0.717, 1.165) is 0 Å². The van der Waals surface area contributed by atoms with Gasteiger partial charge in [0.05, 0.1) is 12.5 Å². The van der Waals surface area contributed by atoms with E-state index < -0.39 is 0 Å². The number of rotatable bonds is 1. The molecule has 2 atom stereocenters. The second-order valence-electron chi connectivity index (χ2n) is 3.28. The maximum Gasteiger partial charge on any atom is 0.313 e. The van der Waals surface area contributed by atoms with E-state index in [1.807, 2.05) is 13.8 Å². The van der Waals surface area contributed by atoms with Crippen molar-refractivity contribution in [1.29, 1.82) is 0 Å². The molecule has 11 heavy (non-hydrogen) atoms. The van der Waals surface area contributed by atoms with Gasteiger partial charge >= 0.3 is 5.97 Å². The Morgan fingerprint density at radius 2 is 2.18 bits per heavy atom. The molecule has 1 saturated heterocycles. The highest BCUT2D eigenvalue weighted by Gasteiger charge is 2.28. The van der Waals surface area contributed by atoms with Gasteiger partial charge in [-0.05, 0) is 6.92 Å². The third-order valence-corrected chi connectivity index (χ3v) is 1.69. The number of ether oxygens (including phenoxy) is 2. The highest BCUT2D eigenvalue weighted by molar-refractivity contribution is 5.72. The fraction of sp³-hybridized carbons (Fsp3) is 0.875. The molecule has 0 saturated carbocycles. The number of esters is 1. The molecule has 3 nitrogen and oxygen atoms in total. The van der Waals surface area contributed by atoms with Gasteiger partial charge in [-0.15, -0.1) is 0 Å². The lowest BCUT2D eigenvalue weighted by atomic mass is 10.1. The topological polar surface area (TPSA) is 35.5 Å². The third kappa shape index (κ3) is 1.93. The molecule has 1 aliphatic rings. The van der Waals surface area contributed by atoms with Gasteiger partial charge in [0.25, 0.3) is 0 Å². The lowest BCUT2D eigenvalue weighted by Crippen LogP contribution is -2.37. The second kappa shape index (κ2) is 3.22. The molecule has 1 heterocycles. The summed E-state index contributed by atoms with van der Waals surface area (Å²) in [5.41, 5.74) is 0. The predicted molar refractivity (Wildman–Crippen MR) is 39.8 cm³/mol. The molecule has 1 aliphatic heterocycles. The van der Waals surface area contributed by atoms with Gasteiger partial charge in [-0.2, -0.15) is 0 Å². The maximum absolute atomic E-state index is 11.0. The molecule has 0 aromatic rings. The summed E-state index contributed by atoms with van der Waals surface area (Å²) in [6.45, 7) is 6.22. The van der Waals surface area contributed by atoms with Crippen LogP contribution in [-0.4, -0.2) is 18.9 Å². The molecule has 0 N–H and O–H groups in total. The first kappa shape index (κ1) is 8.53. The molecular weight excluding hydrogens is 144 g/mol. The van der Waals surface area contributed by atoms with E-state index in [2.05, 4.69) is 0 Å². The summed E-state index contributed by atoms with van der Waals surface area (Å²) in [4.78, 5) is 11.0. The molecule has 64 valence electrons. The van der Waals surface area contributed by atoms with Crippen LogP contribution in [0.1, 0.15) is 20.8 Å². The van der Waals surface area contributed by atoms with Gasteiger partial charge in [0, 0.05) is 5.92 Å². The van der Waals surface area contributed by atoms with Gasteiger partial charge in [0.1, 0.15) is 0 Å². The Kier molecular flexibility index (Phi) is 2.49. The van der Waals surface area contributed by atoms with Crippen LogP contribution in [0.15, 0.2) is 0 Å². The number of carbonyl (C=O) groups excluding carboxylic acids is 1. The molecule has 3 heteroatoms. The molecular formula is C8H14O3. The third-order valence-electron chi connectivity index (χ3n) is 1.69. The van der Waals surface area contributed by atoms with Crippen molar-refractivity contribution in [3.8, 4) is 0 Å². The van der Waals surface area contributed by atoms with Crippen molar-refractivity contribution in [2.24, 2.45) is 11.8 Å². The summed E-state index contributed by atoms with van der Waals surface area (Å²) in [5, 5.41) is 0. The van der Waals surface area contributed by atoms with E-state index in [0.29, 0.717) is 6.61 Å². The van der Waals surface area contributed by atoms with Gasteiger partial charge in [0.15, 0.2) is 0 Å². The van der Waals surface area contributed by atoms with Crippen LogP contribution in [0.4, 0.5) is 0 Å². The van der Waals surface area contributed by atoms with Crippen LogP contribution < -0.4 is 0 Å². The molecule has 0 amide bonds. The SMILES string of the molecule is CC1COC(C(C)C)OC1=O. The molecule has 0 aliphatic carbocycles. The minimum Gasteiger partial charge on any atom is -0.435 e. The molecule has 1 fully saturated rings. The van der Waals surface area contributed by atoms with Crippen molar-refractivity contribution in [3.63, 3.8) is 0 Å². The van der Waals surface area contributed by atoms with Crippen molar-refractivity contribution < 1.29 is 14.3 Å². The second-order valence-corrected chi connectivity index (χ2v) is 3.28. The molecule has 0 radical (unpaired) electrons. The Morgan fingerprint density at radius 1 is 1.55 bits per heavy atom. The average Bonchev–Trinajstić information content (AvgIpc) is 1.94. The zero-order valence-corrected chi connectivity index (χ0v) is 7.16. The highest BCUT2D eigenvalue weighted by atomic mass is 16.7. The molecule has 0 bridgehead atoms. The number of cyclic esters (lactones) is 1. The monoisotopic (exact) mass is 158 g/mol. The van der Waals surface area contributed by atoms with Gasteiger partial charge in [-0.25, -0.2) is 0 Å². The Morgan fingerprint density at radius 3 is 2.64 bits per heavy atom. The van der Waals surface area contributed by atoms with Gasteiger partial charge in [-0.3, -0.25) is 4.79 Å². The van der Waals surface area contributed by atoms with E-state index in [-0.39, 0.29) is 24.1 Å². The summed E-state index contributed by atoms with van der Waals surface area (Å²) < 4.78 is 10.3. The first-order chi connectivity index (χ1) is 5.11. The maximum atomic E-state index is 11.0. The largest absolute Gasteiger partial charge is 0.435 e. The molecule has 2 unspecified atom stereocenters. The predicted octanol–water partition coefficient (Wildman–Crippen LogP) is 1.18. The van der Waals surface area contributed by atoms with Crippen molar-refractivity contribution in [3.05, 3.63) is 0 Å². The number of hydrogen-bond acceptors (Lipinski definition) is 3. The zero-order valence-electron chi connectivity index (χ0n) is 7.16. The number of hydrogen-bond donors (Lipinski definition) is 0. The standard InChI is InChI=1S/C8H14O3/c1-5(2)8-10-4-6(3)7(9)11-8/h5-6,8H,4H2,1-3H3. The van der Waals surface area contributed by atoms with Crippen molar-refractivity contribution in [2.45, 2.75) is 27.1 Å². The molecule has 0 aromatic carbocycles. The minimum atomic E-state index is -0.335. The van der Waals surface area contributed by atoms with Crippen molar-refractivity contribution in [2.75, 3.05) is 6.61 Å². The Balaban J connectivity index is 2.46. The van der Waals surface area contributed by atoms with Crippen LogP contribution in [0.3, 0.4) is 0 Å². The van der Waals surface area contributed by atoms with Gasteiger partial charge < -0.3 is 9.47 Å². The summed E-state index contributed by atoms with van der Waals surface area (Å²) in [6, 6.07) is 0. The lowest BCUT2D eigenvalue weighted by molar-refractivity contribution is -0.218. The van der Waals surface area contributed by atoms with Crippen molar-refractivity contribution >= 4 is 5.97 Å². The lowest BCUT2D eigenvalue weighted by Gasteiger charge is -2.28. The van der Waals surface area contributed by atoms with Crippen molar-refractivity contribution in [1.82, 2.24) is 0 Å². The smallest absolute Gasteiger partial charge is 0.313 e. The van der Waals surface area contributed by atoms with E-state index >= 15 is 0 Å². The Hall–Kier alpha value is -0.570. The summed E-state index contributed by atoms with van der Waals surface area (Å²) in [6.07, 6.45) is -0.335. The Bertz CT molecular complexity index is 153. The van der Waals surface area contributed by atoms with Crippen LogP contribution in [0.25, 0.3) is 0 Å². The first-order valence-corrected chi connectivity index (χ1v) is 3.93. The van der Waals surface area contributed by atoms with Gasteiger partial charge in [-0.1, -0.05) is 13.8 Å².